The number of furan rings is 1. The van der Waals surface area contributed by atoms with E-state index in [9.17, 15) is 4.79 Å². The number of guanidine groups is 1. The van der Waals surface area contributed by atoms with E-state index in [4.69, 9.17) is 14.1 Å². The molecule has 2 atom stereocenters. The van der Waals surface area contributed by atoms with Crippen LogP contribution in [0.1, 0.15) is 43.9 Å². The van der Waals surface area contributed by atoms with Crippen LogP contribution < -0.4 is 15.5 Å². The number of hydrogen-bond donors (Lipinski definition) is 2. The number of amides is 1. The first-order valence-electron chi connectivity index (χ1n) is 11.3. The van der Waals surface area contributed by atoms with Crippen LogP contribution in [0, 0.1) is 5.92 Å². The molecule has 32 heavy (non-hydrogen) atoms. The summed E-state index contributed by atoms with van der Waals surface area (Å²) in [4.78, 5) is 18.2. The molecule has 1 aliphatic carbocycles. The minimum atomic E-state index is -0.278. The highest BCUT2D eigenvalue weighted by atomic mass is 127. The zero-order valence-corrected chi connectivity index (χ0v) is 20.9. The van der Waals surface area contributed by atoms with E-state index in [0.717, 1.165) is 35.9 Å². The number of anilines is 1. The zero-order chi connectivity index (χ0) is 21.5. The molecular weight excluding hydrogens is 519 g/mol. The summed E-state index contributed by atoms with van der Waals surface area (Å²) in [5.74, 6) is 2.46. The Hall–Kier alpha value is -2.23. The van der Waals surface area contributed by atoms with E-state index < -0.39 is 0 Å². The van der Waals surface area contributed by atoms with Crippen molar-refractivity contribution in [1.82, 2.24) is 10.6 Å². The summed E-state index contributed by atoms with van der Waals surface area (Å²) < 4.78 is 10.5. The number of aliphatic imine (C=N–C) groups is 1. The summed E-state index contributed by atoms with van der Waals surface area (Å²) in [6.45, 7) is 4.70. The highest BCUT2D eigenvalue weighted by Gasteiger charge is 2.23. The predicted octanol–water partition coefficient (Wildman–Crippen LogP) is 4.71. The van der Waals surface area contributed by atoms with Gasteiger partial charge in [0.05, 0.1) is 19.4 Å². The molecular formula is C24H33IN4O3. The van der Waals surface area contributed by atoms with Crippen molar-refractivity contribution >= 4 is 41.7 Å². The smallest absolute Gasteiger partial charge is 0.414 e. The fourth-order valence-electron chi connectivity index (χ4n) is 4.20. The minimum Gasteiger partial charge on any atom is -0.469 e. The third-order valence-corrected chi connectivity index (χ3v) is 6.11. The summed E-state index contributed by atoms with van der Waals surface area (Å²) >= 11 is 0. The highest BCUT2D eigenvalue weighted by Crippen LogP contribution is 2.24. The molecule has 1 aliphatic heterocycles. The summed E-state index contributed by atoms with van der Waals surface area (Å²) in [6, 6.07) is 12.3. The molecule has 4 rings (SSSR count). The summed E-state index contributed by atoms with van der Waals surface area (Å²) in [5, 5.41) is 7.12. The fourth-order valence-corrected chi connectivity index (χ4v) is 4.20. The molecule has 0 radical (unpaired) electrons. The van der Waals surface area contributed by atoms with Crippen LogP contribution in [-0.2, 0) is 17.7 Å². The number of ether oxygens (including phenoxy) is 1. The van der Waals surface area contributed by atoms with E-state index >= 15 is 0 Å². The van der Waals surface area contributed by atoms with Crippen molar-refractivity contribution in [2.24, 2.45) is 10.9 Å². The average molecular weight is 552 g/mol. The van der Waals surface area contributed by atoms with Crippen LogP contribution in [0.3, 0.4) is 0 Å². The molecule has 7 nitrogen and oxygen atoms in total. The number of carbonyl (C=O) groups excluding carboxylic acids is 1. The van der Waals surface area contributed by atoms with Crippen molar-refractivity contribution in [3.8, 4) is 0 Å². The van der Waals surface area contributed by atoms with Gasteiger partial charge in [0.2, 0.25) is 0 Å². The highest BCUT2D eigenvalue weighted by molar-refractivity contribution is 14.0. The quantitative estimate of drug-likeness (QED) is 0.296. The second kappa shape index (κ2) is 12.1. The maximum atomic E-state index is 11.7. The summed E-state index contributed by atoms with van der Waals surface area (Å²) in [5.41, 5.74) is 1.96. The Morgan fingerprint density at radius 1 is 1.19 bits per heavy atom. The second-order valence-corrected chi connectivity index (χ2v) is 8.37. The Morgan fingerprint density at radius 3 is 2.69 bits per heavy atom. The molecule has 2 fully saturated rings. The van der Waals surface area contributed by atoms with Gasteiger partial charge in [-0.2, -0.15) is 0 Å². The summed E-state index contributed by atoms with van der Waals surface area (Å²) in [6.07, 6.45) is 7.27. The van der Waals surface area contributed by atoms with E-state index in [2.05, 4.69) is 17.6 Å². The van der Waals surface area contributed by atoms with E-state index in [1.165, 1.54) is 25.7 Å². The molecule has 1 amide bonds. The first-order chi connectivity index (χ1) is 15.2. The van der Waals surface area contributed by atoms with Gasteiger partial charge in [0, 0.05) is 24.7 Å². The molecule has 2 N–H and O–H groups in total. The van der Waals surface area contributed by atoms with Gasteiger partial charge in [-0.15, -0.1) is 24.0 Å². The molecule has 2 aliphatic rings. The van der Waals surface area contributed by atoms with Crippen molar-refractivity contribution in [2.75, 3.05) is 24.6 Å². The topological polar surface area (TPSA) is 79.1 Å². The van der Waals surface area contributed by atoms with Crippen molar-refractivity contribution < 1.29 is 13.9 Å². The summed E-state index contributed by atoms with van der Waals surface area (Å²) in [7, 11) is 0. The second-order valence-electron chi connectivity index (χ2n) is 8.37. The minimum absolute atomic E-state index is 0. The molecule has 0 spiro atoms. The normalized spacial score (nSPS) is 21.1. The number of carbonyl (C=O) groups is 1. The standard InChI is InChI=1S/C24H32N4O3.HI/c1-18-5-2-3-7-22(18)27-23(25-13-12-21-6-4-15-30-21)26-17-19-8-10-20(11-9-19)28-14-16-31-24(28)29;/h4,6,8-11,15,18,22H,2-3,5,7,12-14,16-17H2,1H3,(H2,25,26,27);1H. The van der Waals surface area contributed by atoms with Gasteiger partial charge in [-0.1, -0.05) is 31.9 Å². The number of cyclic esters (lactones) is 1. The van der Waals surface area contributed by atoms with Gasteiger partial charge in [0.25, 0.3) is 0 Å². The van der Waals surface area contributed by atoms with Crippen LogP contribution in [-0.4, -0.2) is 37.8 Å². The fraction of sp³-hybridized carbons (Fsp3) is 0.500. The van der Waals surface area contributed by atoms with E-state index in [1.807, 2.05) is 36.4 Å². The molecule has 1 saturated heterocycles. The number of hydrogen-bond acceptors (Lipinski definition) is 4. The van der Waals surface area contributed by atoms with Crippen LogP contribution in [0.15, 0.2) is 52.1 Å². The van der Waals surface area contributed by atoms with Gasteiger partial charge in [-0.25, -0.2) is 9.79 Å². The molecule has 174 valence electrons. The number of rotatable bonds is 7. The maximum Gasteiger partial charge on any atom is 0.414 e. The molecule has 1 saturated carbocycles. The third-order valence-electron chi connectivity index (χ3n) is 6.11. The molecule has 2 heterocycles. The molecule has 1 aromatic heterocycles. The predicted molar refractivity (Wildman–Crippen MR) is 137 cm³/mol. The number of benzene rings is 1. The Morgan fingerprint density at radius 2 is 2.00 bits per heavy atom. The third kappa shape index (κ3) is 6.63. The van der Waals surface area contributed by atoms with Crippen LogP contribution in [0.25, 0.3) is 0 Å². The largest absolute Gasteiger partial charge is 0.469 e. The lowest BCUT2D eigenvalue weighted by molar-refractivity contribution is 0.181. The van der Waals surface area contributed by atoms with Gasteiger partial charge in [-0.05, 0) is 48.6 Å². The number of halogens is 1. The average Bonchev–Trinajstić information content (AvgIpc) is 3.45. The van der Waals surface area contributed by atoms with Crippen molar-refractivity contribution in [3.63, 3.8) is 0 Å². The molecule has 8 heteroatoms. The van der Waals surface area contributed by atoms with Gasteiger partial charge in [0.15, 0.2) is 5.96 Å². The maximum absolute atomic E-state index is 11.7. The molecule has 2 unspecified atom stereocenters. The van der Waals surface area contributed by atoms with Gasteiger partial charge >= 0.3 is 6.09 Å². The number of nitrogens with zero attached hydrogens (tertiary/aromatic N) is 2. The lowest BCUT2D eigenvalue weighted by atomic mass is 9.86. The first-order valence-corrected chi connectivity index (χ1v) is 11.3. The van der Waals surface area contributed by atoms with Gasteiger partial charge in [-0.3, -0.25) is 4.90 Å². The lowest BCUT2D eigenvalue weighted by Crippen LogP contribution is -2.47. The first kappa shape index (κ1) is 24.4. The van der Waals surface area contributed by atoms with E-state index in [-0.39, 0.29) is 30.1 Å². The van der Waals surface area contributed by atoms with Crippen molar-refractivity contribution in [2.45, 2.75) is 51.6 Å². The van der Waals surface area contributed by atoms with Gasteiger partial charge < -0.3 is 19.8 Å². The Labute approximate surface area is 207 Å². The number of nitrogens with one attached hydrogen (secondary N) is 2. The molecule has 1 aromatic carbocycles. The Kier molecular flexibility index (Phi) is 9.25. The van der Waals surface area contributed by atoms with Crippen molar-refractivity contribution in [1.29, 1.82) is 0 Å². The van der Waals surface area contributed by atoms with Crippen LogP contribution in [0.5, 0.6) is 0 Å². The van der Waals surface area contributed by atoms with Crippen LogP contribution >= 0.6 is 24.0 Å². The molecule has 2 aromatic rings. The Balaban J connectivity index is 0.00000289. The monoisotopic (exact) mass is 552 g/mol. The van der Waals surface area contributed by atoms with Gasteiger partial charge in [0.1, 0.15) is 12.4 Å². The lowest BCUT2D eigenvalue weighted by Gasteiger charge is -2.31. The SMILES string of the molecule is CC1CCCCC1NC(=NCc1ccc(N2CCOC2=O)cc1)NCCc1ccco1.I. The van der Waals surface area contributed by atoms with E-state index in [1.54, 1.807) is 11.2 Å². The van der Waals surface area contributed by atoms with Crippen LogP contribution in [0.4, 0.5) is 10.5 Å². The zero-order valence-electron chi connectivity index (χ0n) is 18.6. The van der Waals surface area contributed by atoms with E-state index in [0.29, 0.717) is 31.7 Å². The van der Waals surface area contributed by atoms with Crippen LogP contribution in [0.2, 0.25) is 0 Å². The molecule has 0 bridgehead atoms. The van der Waals surface area contributed by atoms with Crippen molar-refractivity contribution in [3.05, 3.63) is 54.0 Å². The Bertz CT molecular complexity index is 870.